The Morgan fingerprint density at radius 2 is 0.515 bits per heavy atom. The molecule has 0 aromatic heterocycles. The van der Waals surface area contributed by atoms with Crippen LogP contribution >= 0.6 is 15.6 Å². The molecule has 588 valence electrons. The monoisotopic (exact) mass is 1450 g/mol. The molecule has 0 aliphatic carbocycles. The summed E-state index contributed by atoms with van der Waals surface area (Å²) in [5, 5.41) is 10.6. The normalized spacial score (nSPS) is 14.3. The summed E-state index contributed by atoms with van der Waals surface area (Å²) in [4.78, 5) is 73.0. The summed E-state index contributed by atoms with van der Waals surface area (Å²) in [6.45, 7) is 12.0. The van der Waals surface area contributed by atoms with Crippen molar-refractivity contribution in [3.63, 3.8) is 0 Å². The summed E-state index contributed by atoms with van der Waals surface area (Å²) >= 11 is 0. The number of aliphatic hydroxyl groups excluding tert-OH is 1. The first-order valence-corrected chi connectivity index (χ1v) is 44.4. The molecule has 0 spiro atoms. The van der Waals surface area contributed by atoms with E-state index in [1.54, 1.807) is 0 Å². The number of carbonyl (C=O) groups excluding carboxylic acids is 4. The van der Waals surface area contributed by atoms with Crippen LogP contribution in [-0.4, -0.2) is 96.7 Å². The van der Waals surface area contributed by atoms with Crippen LogP contribution < -0.4 is 0 Å². The highest BCUT2D eigenvalue weighted by Gasteiger charge is 2.30. The molecule has 0 aliphatic heterocycles. The van der Waals surface area contributed by atoms with E-state index in [1.807, 2.05) is 0 Å². The lowest BCUT2D eigenvalue weighted by Crippen LogP contribution is -2.30. The number of rotatable bonds is 78. The van der Waals surface area contributed by atoms with Gasteiger partial charge in [0.25, 0.3) is 0 Å². The zero-order valence-electron chi connectivity index (χ0n) is 65.0. The average Bonchev–Trinajstić information content (AvgIpc) is 1.03. The minimum absolute atomic E-state index is 0.106. The van der Waals surface area contributed by atoms with Crippen molar-refractivity contribution in [2.24, 2.45) is 17.8 Å². The lowest BCUT2D eigenvalue weighted by atomic mass is 9.99. The Balaban J connectivity index is 5.26. The van der Waals surface area contributed by atoms with Crippen LogP contribution in [0.25, 0.3) is 0 Å². The molecule has 0 bridgehead atoms. The van der Waals surface area contributed by atoms with Crippen molar-refractivity contribution in [2.75, 3.05) is 39.6 Å². The topological polar surface area (TPSA) is 237 Å². The summed E-state index contributed by atoms with van der Waals surface area (Å²) in [5.41, 5.74) is 0. The molecule has 19 heteroatoms. The maximum absolute atomic E-state index is 13.1. The molecule has 0 fully saturated rings. The third kappa shape index (κ3) is 72.8. The van der Waals surface area contributed by atoms with Gasteiger partial charge in [0.15, 0.2) is 12.2 Å². The molecule has 0 rings (SSSR count). The van der Waals surface area contributed by atoms with E-state index in [4.69, 9.17) is 37.0 Å². The molecule has 0 saturated heterocycles. The van der Waals surface area contributed by atoms with E-state index in [0.29, 0.717) is 25.7 Å². The molecule has 0 aromatic carbocycles. The van der Waals surface area contributed by atoms with E-state index in [1.165, 1.54) is 225 Å². The summed E-state index contributed by atoms with van der Waals surface area (Å²) in [6.07, 6.45) is 58.2. The van der Waals surface area contributed by atoms with Crippen LogP contribution in [0.5, 0.6) is 0 Å². The van der Waals surface area contributed by atoms with Gasteiger partial charge in [0, 0.05) is 25.7 Å². The van der Waals surface area contributed by atoms with Gasteiger partial charge in [0.1, 0.15) is 19.3 Å². The quantitative estimate of drug-likeness (QED) is 0.0222. The highest BCUT2D eigenvalue weighted by atomic mass is 31.2. The largest absolute Gasteiger partial charge is 0.472 e. The van der Waals surface area contributed by atoms with Gasteiger partial charge < -0.3 is 33.8 Å². The van der Waals surface area contributed by atoms with Crippen molar-refractivity contribution in [1.29, 1.82) is 0 Å². The molecular formula is C80H156O17P2. The van der Waals surface area contributed by atoms with Crippen LogP contribution in [0.1, 0.15) is 414 Å². The first kappa shape index (κ1) is 97.1. The third-order valence-corrected chi connectivity index (χ3v) is 20.9. The predicted octanol–water partition coefficient (Wildman–Crippen LogP) is 23.7. The van der Waals surface area contributed by atoms with Crippen LogP contribution in [0.3, 0.4) is 0 Å². The van der Waals surface area contributed by atoms with Gasteiger partial charge in [-0.05, 0) is 43.4 Å². The second-order valence-electron chi connectivity index (χ2n) is 30.0. The van der Waals surface area contributed by atoms with E-state index >= 15 is 0 Å². The van der Waals surface area contributed by atoms with Crippen molar-refractivity contribution in [1.82, 2.24) is 0 Å². The molecule has 6 atom stereocenters. The number of unbranched alkanes of at least 4 members (excludes halogenated alkanes) is 45. The molecule has 0 heterocycles. The van der Waals surface area contributed by atoms with E-state index in [0.717, 1.165) is 108 Å². The molecule has 0 amide bonds. The zero-order chi connectivity index (χ0) is 73.0. The second-order valence-corrected chi connectivity index (χ2v) is 32.9. The lowest BCUT2D eigenvalue weighted by Gasteiger charge is -2.21. The molecule has 0 radical (unpaired) electrons. The standard InChI is InChI=1S/C80H156O17P2/c1-8-10-11-12-13-14-15-16-17-18-22-27-32-40-47-54-61-77(82)90-67-75(96-79(84)63-56-49-42-33-28-23-20-19-21-26-31-39-46-53-60-73(7)9-2)69-94-98(86,87)92-65-74(81)66-93-99(88,89)95-70-76(68-91-78(83)62-55-48-41-36-35-38-45-52-59-72(5)6)97-80(85)64-57-50-43-34-29-24-25-30-37-44-51-58-71(3)4/h71-76,81H,8-70H2,1-7H3,(H,86,87)(H,88,89)/t73?,74-,75-,76-/m1/s1. The molecule has 3 N–H and O–H groups in total. The van der Waals surface area contributed by atoms with Gasteiger partial charge in [-0.15, -0.1) is 0 Å². The zero-order valence-corrected chi connectivity index (χ0v) is 66.8. The number of phosphoric acid groups is 2. The van der Waals surface area contributed by atoms with Gasteiger partial charge in [-0.1, -0.05) is 363 Å². The Kier molecular flexibility index (Phi) is 69.0. The highest BCUT2D eigenvalue weighted by molar-refractivity contribution is 7.47. The molecule has 0 saturated carbocycles. The first-order valence-electron chi connectivity index (χ1n) is 41.4. The number of ether oxygens (including phenoxy) is 4. The SMILES string of the molecule is CCCCCCCCCCCCCCCCCCC(=O)OC[C@H](COP(=O)(O)OC[C@@H](O)COP(=O)(O)OC[C@@H](COC(=O)CCCCCCCCCCC(C)C)OC(=O)CCCCCCCCCCCCCC(C)C)OC(=O)CCCCCCCCCCCCCCCCC(C)CC. The summed E-state index contributed by atoms with van der Waals surface area (Å²) in [6, 6.07) is 0. The number of hydrogen-bond donors (Lipinski definition) is 3. The van der Waals surface area contributed by atoms with Crippen LogP contribution in [0.4, 0.5) is 0 Å². The number of aliphatic hydroxyl groups is 1. The summed E-state index contributed by atoms with van der Waals surface area (Å²) in [7, 11) is -9.92. The number of carbonyl (C=O) groups is 4. The molecule has 99 heavy (non-hydrogen) atoms. The van der Waals surface area contributed by atoms with Gasteiger partial charge >= 0.3 is 39.5 Å². The maximum atomic E-state index is 13.1. The Bertz CT molecular complexity index is 1920. The minimum Gasteiger partial charge on any atom is -0.462 e. The molecule has 0 aromatic rings. The van der Waals surface area contributed by atoms with Crippen molar-refractivity contribution in [2.45, 2.75) is 433 Å². The Morgan fingerprint density at radius 3 is 0.768 bits per heavy atom. The van der Waals surface area contributed by atoms with Crippen LogP contribution in [0, 0.1) is 17.8 Å². The van der Waals surface area contributed by atoms with Crippen LogP contribution in [-0.2, 0) is 65.4 Å². The fraction of sp³-hybridized carbons (Fsp3) is 0.950. The predicted molar refractivity (Wildman–Crippen MR) is 405 cm³/mol. The first-order chi connectivity index (χ1) is 47.8. The summed E-state index contributed by atoms with van der Waals surface area (Å²) in [5.74, 6) is 0.226. The van der Waals surface area contributed by atoms with Gasteiger partial charge in [0.2, 0.25) is 0 Å². The Labute approximate surface area is 607 Å². The smallest absolute Gasteiger partial charge is 0.462 e. The summed E-state index contributed by atoms with van der Waals surface area (Å²) < 4.78 is 68.7. The van der Waals surface area contributed by atoms with E-state index < -0.39 is 97.5 Å². The fourth-order valence-corrected chi connectivity index (χ4v) is 13.9. The van der Waals surface area contributed by atoms with Crippen molar-refractivity contribution in [3.05, 3.63) is 0 Å². The van der Waals surface area contributed by atoms with Gasteiger partial charge in [0.05, 0.1) is 26.4 Å². The Morgan fingerprint density at radius 1 is 0.293 bits per heavy atom. The number of hydrogen-bond acceptors (Lipinski definition) is 15. The van der Waals surface area contributed by atoms with Crippen LogP contribution in [0.2, 0.25) is 0 Å². The average molecular weight is 1450 g/mol. The number of esters is 4. The molecule has 0 aliphatic rings. The Hall–Kier alpha value is -1.94. The van der Waals surface area contributed by atoms with E-state index in [9.17, 15) is 43.2 Å². The van der Waals surface area contributed by atoms with Crippen molar-refractivity contribution < 1.29 is 80.2 Å². The lowest BCUT2D eigenvalue weighted by molar-refractivity contribution is -0.161. The second kappa shape index (κ2) is 70.4. The molecule has 17 nitrogen and oxygen atoms in total. The minimum atomic E-state index is -4.96. The molecule has 3 unspecified atom stereocenters. The van der Waals surface area contributed by atoms with Crippen LogP contribution in [0.15, 0.2) is 0 Å². The molecular weight excluding hydrogens is 1290 g/mol. The van der Waals surface area contributed by atoms with Gasteiger partial charge in [-0.2, -0.15) is 0 Å². The van der Waals surface area contributed by atoms with Crippen molar-refractivity contribution >= 4 is 39.5 Å². The third-order valence-electron chi connectivity index (χ3n) is 19.0. The van der Waals surface area contributed by atoms with Gasteiger partial charge in [-0.3, -0.25) is 37.3 Å². The number of phosphoric ester groups is 2. The van der Waals surface area contributed by atoms with E-state index in [-0.39, 0.29) is 25.7 Å². The van der Waals surface area contributed by atoms with Gasteiger partial charge in [-0.25, -0.2) is 9.13 Å². The highest BCUT2D eigenvalue weighted by Crippen LogP contribution is 2.45. The van der Waals surface area contributed by atoms with E-state index in [2.05, 4.69) is 48.5 Å². The fourth-order valence-electron chi connectivity index (χ4n) is 12.3. The maximum Gasteiger partial charge on any atom is 0.472 e. The van der Waals surface area contributed by atoms with Crippen molar-refractivity contribution in [3.8, 4) is 0 Å².